The number of para-hydroxylation sites is 1. The van der Waals surface area contributed by atoms with Crippen molar-refractivity contribution in [3.63, 3.8) is 0 Å². The molecule has 1 aliphatic heterocycles. The Morgan fingerprint density at radius 2 is 1.13 bits per heavy atom. The topological polar surface area (TPSA) is 167 Å². The number of pyridine rings is 1. The molecular weight excluding hydrogens is 938 g/mol. The van der Waals surface area contributed by atoms with Gasteiger partial charge in [-0.25, -0.2) is 0 Å². The van der Waals surface area contributed by atoms with Crippen LogP contribution in [0.1, 0.15) is 55.8 Å². The zero-order chi connectivity index (χ0) is 48.4. The molecule has 0 bridgehead atoms. The highest BCUT2D eigenvalue weighted by Gasteiger charge is 2.23. The van der Waals surface area contributed by atoms with Gasteiger partial charge in [-0.15, -0.1) is 12.4 Å². The van der Waals surface area contributed by atoms with Gasteiger partial charge in [-0.05, 0) is 105 Å². The van der Waals surface area contributed by atoms with Crippen LogP contribution in [0.2, 0.25) is 0 Å². The lowest BCUT2D eigenvalue weighted by atomic mass is 10.0. The third-order valence-electron chi connectivity index (χ3n) is 11.4. The predicted molar refractivity (Wildman–Crippen MR) is 274 cm³/mol. The van der Waals surface area contributed by atoms with Gasteiger partial charge in [0.15, 0.2) is 23.0 Å². The maximum Gasteiger partial charge on any atom is 0.295 e. The van der Waals surface area contributed by atoms with Crippen molar-refractivity contribution in [3.8, 4) is 23.0 Å². The molecule has 0 saturated carbocycles. The third-order valence-corrected chi connectivity index (χ3v) is 13.2. The molecule has 69 heavy (non-hydrogen) atoms. The summed E-state index contributed by atoms with van der Waals surface area (Å²) in [6, 6.07) is 39.3. The SMILES string of the molecule is CCOc1ccc(Cc2nccc3cc(OCC)c(OCC)cc23)cc1OCC.CN1CCc2c(c3ccccc3n2Cc2ccccc2)C1.Cl.O=S(=O)(O)c1cccc2c(S(=O)(=O)O)cccc12. The quantitative estimate of drug-likeness (QED) is 0.0992. The van der Waals surface area contributed by atoms with Gasteiger partial charge in [0, 0.05) is 71.4 Å². The minimum absolute atomic E-state index is 0. The van der Waals surface area contributed by atoms with Crippen LogP contribution in [0.3, 0.4) is 0 Å². The maximum atomic E-state index is 11.2. The molecule has 0 saturated heterocycles. The Labute approximate surface area is 410 Å². The van der Waals surface area contributed by atoms with Gasteiger partial charge in [0.25, 0.3) is 20.2 Å². The molecule has 364 valence electrons. The maximum absolute atomic E-state index is 11.2. The fourth-order valence-corrected chi connectivity index (χ4v) is 9.91. The third kappa shape index (κ3) is 12.5. The summed E-state index contributed by atoms with van der Waals surface area (Å²) in [5, 5.41) is 3.62. The van der Waals surface area contributed by atoms with Crippen LogP contribution in [-0.2, 0) is 46.2 Å². The number of aromatic nitrogens is 2. The van der Waals surface area contributed by atoms with Crippen molar-refractivity contribution < 1.29 is 44.9 Å². The van der Waals surface area contributed by atoms with Crippen LogP contribution < -0.4 is 18.9 Å². The van der Waals surface area contributed by atoms with E-state index in [1.165, 1.54) is 52.0 Å². The van der Waals surface area contributed by atoms with E-state index in [0.717, 1.165) is 83.2 Å². The lowest BCUT2D eigenvalue weighted by Crippen LogP contribution is -2.27. The second-order valence-corrected chi connectivity index (χ2v) is 18.8. The fraction of sp³-hybridized carbons (Fsp3) is 0.264. The van der Waals surface area contributed by atoms with Gasteiger partial charge in [-0.2, -0.15) is 16.8 Å². The lowest BCUT2D eigenvalue weighted by Gasteiger charge is -2.24. The molecule has 0 atom stereocenters. The van der Waals surface area contributed by atoms with Crippen molar-refractivity contribution in [2.75, 3.05) is 40.0 Å². The molecule has 0 amide bonds. The fourth-order valence-electron chi connectivity index (χ4n) is 8.50. The summed E-state index contributed by atoms with van der Waals surface area (Å²) in [6.45, 7) is 13.4. The Kier molecular flexibility index (Phi) is 17.7. The zero-order valence-electron chi connectivity index (χ0n) is 39.3. The molecule has 9 rings (SSSR count). The molecular formula is C53H58ClN3O10S2. The normalized spacial score (nSPS) is 12.5. The number of ether oxygens (including phenoxy) is 4. The number of benzene rings is 6. The molecule has 0 fully saturated rings. The summed E-state index contributed by atoms with van der Waals surface area (Å²) >= 11 is 0. The largest absolute Gasteiger partial charge is 0.490 e. The number of halogens is 1. The van der Waals surface area contributed by atoms with Crippen LogP contribution in [0.25, 0.3) is 32.4 Å². The number of rotatable bonds is 14. The lowest BCUT2D eigenvalue weighted by molar-refractivity contribution is 0.287. The van der Waals surface area contributed by atoms with Crippen molar-refractivity contribution >= 4 is 65.1 Å². The molecule has 0 radical (unpaired) electrons. The smallest absolute Gasteiger partial charge is 0.295 e. The van der Waals surface area contributed by atoms with Gasteiger partial charge in [0.05, 0.1) is 32.1 Å². The highest BCUT2D eigenvalue weighted by molar-refractivity contribution is 7.86. The van der Waals surface area contributed by atoms with E-state index in [1.54, 1.807) is 0 Å². The van der Waals surface area contributed by atoms with Gasteiger partial charge in [-0.1, -0.05) is 78.9 Å². The number of hydrogen-bond acceptors (Lipinski definition) is 10. The molecule has 0 spiro atoms. The highest BCUT2D eigenvalue weighted by atomic mass is 35.5. The number of hydrogen-bond donors (Lipinski definition) is 2. The van der Waals surface area contributed by atoms with Crippen LogP contribution in [0.5, 0.6) is 23.0 Å². The Hall–Kier alpha value is -6.20. The van der Waals surface area contributed by atoms with E-state index in [2.05, 4.69) is 82.2 Å². The molecule has 8 aromatic rings. The van der Waals surface area contributed by atoms with E-state index in [4.69, 9.17) is 28.1 Å². The zero-order valence-corrected chi connectivity index (χ0v) is 41.7. The van der Waals surface area contributed by atoms with E-state index >= 15 is 0 Å². The number of fused-ring (bicyclic) bond motifs is 5. The van der Waals surface area contributed by atoms with Gasteiger partial charge in [-0.3, -0.25) is 14.1 Å². The molecule has 16 heteroatoms. The molecule has 3 heterocycles. The molecule has 0 aliphatic carbocycles. The Balaban J connectivity index is 0.000000174. The second kappa shape index (κ2) is 23.4. The standard InChI is InChI=1S/C24H29NO4.C19H20N2.C10H8O6S2.ClH/c1-5-26-21-10-9-17(14-22(21)27-6-2)13-20-19-16-24(29-8-4)23(28-7-3)15-18(19)11-12-25-20;1-20-12-11-19-17(14-20)16-9-5-6-10-18(16)21(19)13-15-7-3-2-4-8-15;11-17(12,13)9-5-1-3-7-8(9)4-2-6-10(7)18(14,15)16;/h9-12,14-16H,5-8,13H2,1-4H3;2-10H,11-14H2,1H3;1-6H,(H,11,12,13)(H,14,15,16);1H. The molecule has 2 N–H and O–H groups in total. The molecule has 0 unspecified atom stereocenters. The average Bonchev–Trinajstić information content (AvgIpc) is 3.62. The highest BCUT2D eigenvalue weighted by Crippen LogP contribution is 2.36. The first-order chi connectivity index (χ1) is 32.7. The van der Waals surface area contributed by atoms with E-state index in [9.17, 15) is 16.8 Å². The summed E-state index contributed by atoms with van der Waals surface area (Å²) in [5.41, 5.74) is 7.90. The van der Waals surface area contributed by atoms with Crippen LogP contribution in [-0.4, -0.2) is 80.4 Å². The Morgan fingerprint density at radius 1 is 0.580 bits per heavy atom. The predicted octanol–water partition coefficient (Wildman–Crippen LogP) is 10.9. The summed E-state index contributed by atoms with van der Waals surface area (Å²) in [7, 11) is -6.72. The Bertz CT molecular complexity index is 3190. The first-order valence-electron chi connectivity index (χ1n) is 22.6. The van der Waals surface area contributed by atoms with E-state index in [0.29, 0.717) is 32.8 Å². The van der Waals surface area contributed by atoms with Crippen LogP contribution >= 0.6 is 12.4 Å². The van der Waals surface area contributed by atoms with E-state index in [-0.39, 0.29) is 23.2 Å². The van der Waals surface area contributed by atoms with Crippen LogP contribution in [0, 0.1) is 0 Å². The van der Waals surface area contributed by atoms with Crippen LogP contribution in [0.15, 0.2) is 143 Å². The molecule has 2 aromatic heterocycles. The van der Waals surface area contributed by atoms with Gasteiger partial charge < -0.3 is 28.4 Å². The van der Waals surface area contributed by atoms with Gasteiger partial charge >= 0.3 is 0 Å². The average molecular weight is 997 g/mol. The second-order valence-electron chi connectivity index (χ2n) is 16.0. The summed E-state index contributed by atoms with van der Waals surface area (Å²) in [6.07, 6.45) is 3.67. The summed E-state index contributed by atoms with van der Waals surface area (Å²) in [5.74, 6) is 3.04. The minimum Gasteiger partial charge on any atom is -0.490 e. The monoisotopic (exact) mass is 995 g/mol. The summed E-state index contributed by atoms with van der Waals surface area (Å²) < 4.78 is 88.2. The molecule has 6 aromatic carbocycles. The van der Waals surface area contributed by atoms with Crippen molar-refractivity contribution in [2.45, 2.75) is 63.4 Å². The first kappa shape index (κ1) is 52.2. The molecule has 1 aliphatic rings. The summed E-state index contributed by atoms with van der Waals surface area (Å²) in [4.78, 5) is 6.24. The van der Waals surface area contributed by atoms with Crippen molar-refractivity contribution in [1.82, 2.24) is 14.5 Å². The first-order valence-corrected chi connectivity index (χ1v) is 25.5. The van der Waals surface area contributed by atoms with Crippen molar-refractivity contribution in [1.29, 1.82) is 0 Å². The van der Waals surface area contributed by atoms with Crippen molar-refractivity contribution in [2.24, 2.45) is 0 Å². The van der Waals surface area contributed by atoms with E-state index in [1.807, 2.05) is 64.2 Å². The Morgan fingerprint density at radius 3 is 1.74 bits per heavy atom. The van der Waals surface area contributed by atoms with Gasteiger partial charge in [0.1, 0.15) is 9.79 Å². The number of nitrogens with zero attached hydrogens (tertiary/aromatic N) is 3. The van der Waals surface area contributed by atoms with Gasteiger partial charge in [0.2, 0.25) is 0 Å². The minimum atomic E-state index is -4.47. The van der Waals surface area contributed by atoms with Crippen molar-refractivity contribution in [3.05, 3.63) is 162 Å². The van der Waals surface area contributed by atoms with E-state index < -0.39 is 30.0 Å². The van der Waals surface area contributed by atoms with Crippen LogP contribution in [0.4, 0.5) is 0 Å². The molecule has 13 nitrogen and oxygen atoms in total. The number of likely N-dealkylation sites (N-methyl/N-ethyl adjacent to an activating group) is 1.